The molecule has 21 heavy (non-hydrogen) atoms. The molecule has 2 aromatic rings. The molecule has 1 heterocycles. The molecule has 0 unspecified atom stereocenters. The largest absolute Gasteiger partial charge is 0.334 e. The Labute approximate surface area is 133 Å². The van der Waals surface area contributed by atoms with Gasteiger partial charge in [-0.05, 0) is 54.7 Å². The van der Waals surface area contributed by atoms with Crippen molar-refractivity contribution in [3.63, 3.8) is 0 Å². The van der Waals surface area contributed by atoms with Crippen LogP contribution < -0.4 is 0 Å². The summed E-state index contributed by atoms with van der Waals surface area (Å²) in [7, 11) is 0. The van der Waals surface area contributed by atoms with E-state index in [2.05, 4.69) is 40.2 Å². The quantitative estimate of drug-likeness (QED) is 0.753. The molecular weight excluding hydrogens is 326 g/mol. The van der Waals surface area contributed by atoms with E-state index >= 15 is 0 Å². The van der Waals surface area contributed by atoms with E-state index in [1.165, 1.54) is 11.1 Å². The molecule has 0 aliphatic carbocycles. The number of hydrogen-bond acceptors (Lipinski definition) is 1. The van der Waals surface area contributed by atoms with E-state index in [0.717, 1.165) is 35.0 Å². The lowest BCUT2D eigenvalue weighted by atomic mass is 10.0. The summed E-state index contributed by atoms with van der Waals surface area (Å²) in [5.74, 6) is 0.127. The highest BCUT2D eigenvalue weighted by Gasteiger charge is 2.20. The molecule has 0 atom stereocenters. The van der Waals surface area contributed by atoms with Crippen LogP contribution in [0.3, 0.4) is 0 Å². The van der Waals surface area contributed by atoms with Gasteiger partial charge in [0.15, 0.2) is 0 Å². The SMILES string of the molecule is Cc1cc(C(=O)N2CCCc3ccccc3C2)ccc1Br. The van der Waals surface area contributed by atoms with Crippen LogP contribution in [0.5, 0.6) is 0 Å². The fraction of sp³-hybridized carbons (Fsp3) is 0.278. The Morgan fingerprint density at radius 1 is 1.14 bits per heavy atom. The molecule has 0 saturated carbocycles. The van der Waals surface area contributed by atoms with Crippen molar-refractivity contribution in [1.82, 2.24) is 4.90 Å². The third kappa shape index (κ3) is 3.03. The lowest BCUT2D eigenvalue weighted by Crippen LogP contribution is -2.30. The molecule has 0 bridgehead atoms. The smallest absolute Gasteiger partial charge is 0.254 e. The summed E-state index contributed by atoms with van der Waals surface area (Å²) in [6.45, 7) is 3.55. The number of carbonyl (C=O) groups excluding carboxylic acids is 1. The molecule has 108 valence electrons. The predicted octanol–water partition coefficient (Wildman–Crippen LogP) is 4.35. The van der Waals surface area contributed by atoms with Gasteiger partial charge in [0.25, 0.3) is 5.91 Å². The van der Waals surface area contributed by atoms with Gasteiger partial charge in [-0.15, -0.1) is 0 Å². The number of carbonyl (C=O) groups is 1. The van der Waals surface area contributed by atoms with Crippen molar-refractivity contribution in [1.29, 1.82) is 0 Å². The summed E-state index contributed by atoms with van der Waals surface area (Å²) in [6.07, 6.45) is 2.08. The maximum absolute atomic E-state index is 12.7. The van der Waals surface area contributed by atoms with Gasteiger partial charge < -0.3 is 4.90 Å². The third-order valence-electron chi connectivity index (χ3n) is 4.05. The number of aryl methyl sites for hydroxylation is 2. The molecule has 1 amide bonds. The zero-order valence-corrected chi connectivity index (χ0v) is 13.7. The molecule has 0 spiro atoms. The molecule has 2 nitrogen and oxygen atoms in total. The monoisotopic (exact) mass is 343 g/mol. The summed E-state index contributed by atoms with van der Waals surface area (Å²) in [4.78, 5) is 14.7. The third-order valence-corrected chi connectivity index (χ3v) is 4.94. The van der Waals surface area contributed by atoms with Gasteiger partial charge in [-0.2, -0.15) is 0 Å². The first-order chi connectivity index (χ1) is 10.1. The van der Waals surface area contributed by atoms with E-state index in [-0.39, 0.29) is 5.91 Å². The number of halogens is 1. The van der Waals surface area contributed by atoms with Gasteiger partial charge >= 0.3 is 0 Å². The molecule has 0 fully saturated rings. The Kier molecular flexibility index (Phi) is 4.11. The molecule has 0 radical (unpaired) electrons. The van der Waals surface area contributed by atoms with Gasteiger partial charge in [-0.3, -0.25) is 4.79 Å². The fourth-order valence-electron chi connectivity index (χ4n) is 2.83. The Hall–Kier alpha value is -1.61. The summed E-state index contributed by atoms with van der Waals surface area (Å²) in [5.41, 5.74) is 4.52. The lowest BCUT2D eigenvalue weighted by molar-refractivity contribution is 0.0746. The van der Waals surface area contributed by atoms with Crippen LogP contribution in [0.15, 0.2) is 46.9 Å². The number of rotatable bonds is 1. The lowest BCUT2D eigenvalue weighted by Gasteiger charge is -2.21. The van der Waals surface area contributed by atoms with Gasteiger partial charge in [0.1, 0.15) is 0 Å². The van der Waals surface area contributed by atoms with Crippen LogP contribution in [-0.4, -0.2) is 17.4 Å². The highest BCUT2D eigenvalue weighted by molar-refractivity contribution is 9.10. The average Bonchev–Trinajstić information content (AvgIpc) is 2.71. The summed E-state index contributed by atoms with van der Waals surface area (Å²) < 4.78 is 1.04. The standard InChI is InChI=1S/C18H18BrNO/c1-13-11-15(8-9-17(13)19)18(21)20-10-4-7-14-5-2-3-6-16(14)12-20/h2-3,5-6,8-9,11H,4,7,10,12H2,1H3. The number of benzene rings is 2. The first-order valence-corrected chi connectivity index (χ1v) is 8.06. The number of nitrogens with zero attached hydrogens (tertiary/aromatic N) is 1. The topological polar surface area (TPSA) is 20.3 Å². The van der Waals surface area contributed by atoms with Crippen molar-refractivity contribution >= 4 is 21.8 Å². The number of amides is 1. The first kappa shape index (κ1) is 14.3. The molecule has 3 heteroatoms. The van der Waals surface area contributed by atoms with E-state index in [1.54, 1.807) is 0 Å². The van der Waals surface area contributed by atoms with E-state index < -0.39 is 0 Å². The van der Waals surface area contributed by atoms with Crippen LogP contribution in [0.25, 0.3) is 0 Å². The van der Waals surface area contributed by atoms with E-state index in [4.69, 9.17) is 0 Å². The van der Waals surface area contributed by atoms with E-state index in [0.29, 0.717) is 6.54 Å². The van der Waals surface area contributed by atoms with Crippen molar-refractivity contribution in [2.24, 2.45) is 0 Å². The molecule has 2 aromatic carbocycles. The van der Waals surface area contributed by atoms with Crippen molar-refractivity contribution in [3.05, 3.63) is 69.2 Å². The Balaban J connectivity index is 1.86. The van der Waals surface area contributed by atoms with Crippen LogP contribution in [0, 0.1) is 6.92 Å². The van der Waals surface area contributed by atoms with Gasteiger partial charge in [0.05, 0.1) is 0 Å². The van der Waals surface area contributed by atoms with Crippen molar-refractivity contribution in [3.8, 4) is 0 Å². The van der Waals surface area contributed by atoms with Crippen LogP contribution in [0.1, 0.15) is 33.5 Å². The summed E-state index contributed by atoms with van der Waals surface area (Å²) >= 11 is 3.48. The average molecular weight is 344 g/mol. The second kappa shape index (κ2) is 6.02. The second-order valence-corrected chi connectivity index (χ2v) is 6.42. The number of fused-ring (bicyclic) bond motifs is 1. The minimum atomic E-state index is 0.127. The molecular formula is C18H18BrNO. The van der Waals surface area contributed by atoms with Crippen LogP contribution in [0.4, 0.5) is 0 Å². The van der Waals surface area contributed by atoms with Gasteiger partial charge in [-0.25, -0.2) is 0 Å². The summed E-state index contributed by atoms with van der Waals surface area (Å²) in [5, 5.41) is 0. The van der Waals surface area contributed by atoms with Gasteiger partial charge in [-0.1, -0.05) is 40.2 Å². The summed E-state index contributed by atoms with van der Waals surface area (Å²) in [6, 6.07) is 14.2. The van der Waals surface area contributed by atoms with E-state index in [9.17, 15) is 4.79 Å². The molecule has 0 aromatic heterocycles. The molecule has 0 N–H and O–H groups in total. The van der Waals surface area contributed by atoms with Gasteiger partial charge in [0, 0.05) is 23.1 Å². The minimum absolute atomic E-state index is 0.127. The number of hydrogen-bond donors (Lipinski definition) is 0. The maximum Gasteiger partial charge on any atom is 0.254 e. The van der Waals surface area contributed by atoms with Crippen LogP contribution in [0.2, 0.25) is 0 Å². The zero-order valence-electron chi connectivity index (χ0n) is 12.1. The highest BCUT2D eigenvalue weighted by Crippen LogP contribution is 2.22. The van der Waals surface area contributed by atoms with Crippen LogP contribution in [-0.2, 0) is 13.0 Å². The van der Waals surface area contributed by atoms with E-state index in [1.807, 2.05) is 30.0 Å². The zero-order chi connectivity index (χ0) is 14.8. The minimum Gasteiger partial charge on any atom is -0.334 e. The fourth-order valence-corrected chi connectivity index (χ4v) is 3.08. The Morgan fingerprint density at radius 2 is 1.90 bits per heavy atom. The second-order valence-electron chi connectivity index (χ2n) is 5.56. The molecule has 1 aliphatic heterocycles. The first-order valence-electron chi connectivity index (χ1n) is 7.27. The maximum atomic E-state index is 12.7. The Morgan fingerprint density at radius 3 is 2.67 bits per heavy atom. The molecule has 1 aliphatic rings. The predicted molar refractivity (Wildman–Crippen MR) is 88.4 cm³/mol. The normalized spacial score (nSPS) is 14.5. The van der Waals surface area contributed by atoms with Crippen molar-refractivity contribution < 1.29 is 4.79 Å². The Bertz CT molecular complexity index is 681. The molecule has 0 saturated heterocycles. The highest BCUT2D eigenvalue weighted by atomic mass is 79.9. The molecule has 3 rings (SSSR count). The van der Waals surface area contributed by atoms with Crippen molar-refractivity contribution in [2.45, 2.75) is 26.3 Å². The van der Waals surface area contributed by atoms with Crippen molar-refractivity contribution in [2.75, 3.05) is 6.54 Å². The van der Waals surface area contributed by atoms with Gasteiger partial charge in [0.2, 0.25) is 0 Å². The van der Waals surface area contributed by atoms with Crippen LogP contribution >= 0.6 is 15.9 Å².